The Hall–Kier alpha value is -0.995. The third-order valence-corrected chi connectivity index (χ3v) is 4.84. The second-order valence-corrected chi connectivity index (χ2v) is 7.12. The monoisotopic (exact) mass is 274 g/mol. The van der Waals surface area contributed by atoms with E-state index in [1.165, 1.54) is 12.8 Å². The van der Waals surface area contributed by atoms with E-state index in [-0.39, 0.29) is 11.2 Å². The minimum atomic E-state index is -0.402. The first-order valence-corrected chi connectivity index (χ1v) is 7.46. The molecule has 3 nitrogen and oxygen atoms in total. The van der Waals surface area contributed by atoms with E-state index in [1.54, 1.807) is 6.07 Å². The first-order chi connectivity index (χ1) is 9.28. The lowest BCUT2D eigenvalue weighted by atomic mass is 9.78. The molecule has 1 heterocycles. The number of benzene rings is 1. The number of rotatable bonds is 3. The summed E-state index contributed by atoms with van der Waals surface area (Å²) in [6.07, 6.45) is 3.56. The predicted molar refractivity (Wildman–Crippen MR) is 80.3 cm³/mol. The van der Waals surface area contributed by atoms with Crippen molar-refractivity contribution in [1.29, 1.82) is 0 Å². The topological polar surface area (TPSA) is 38.7 Å². The van der Waals surface area contributed by atoms with Crippen LogP contribution < -0.4 is 5.46 Å². The molecule has 1 aromatic carbocycles. The molecule has 0 atom stereocenters. The normalized spacial score (nSPS) is 24.1. The molecule has 0 aromatic heterocycles. The fourth-order valence-electron chi connectivity index (χ4n) is 2.51. The van der Waals surface area contributed by atoms with Crippen molar-refractivity contribution in [2.45, 2.75) is 58.2 Å². The molecule has 4 heteroatoms. The number of hydrogen-bond donors (Lipinski definition) is 1. The summed E-state index contributed by atoms with van der Waals surface area (Å²) in [5.41, 5.74) is 1.23. The summed E-state index contributed by atoms with van der Waals surface area (Å²) >= 11 is 0. The fraction of sp³-hybridized carbons (Fsp3) is 0.625. The Morgan fingerprint density at radius 1 is 1.15 bits per heavy atom. The molecule has 3 rings (SSSR count). The summed E-state index contributed by atoms with van der Waals surface area (Å²) in [7, 11) is -0.402. The largest absolute Gasteiger partial charge is 0.508 e. The van der Waals surface area contributed by atoms with Gasteiger partial charge in [-0.15, -0.1) is 0 Å². The van der Waals surface area contributed by atoms with E-state index in [0.29, 0.717) is 5.75 Å². The van der Waals surface area contributed by atoms with Crippen LogP contribution in [0.3, 0.4) is 0 Å². The number of phenolic OH excluding ortho intramolecular Hbond substituents is 1. The first kappa shape index (κ1) is 14.0. The van der Waals surface area contributed by atoms with Crippen molar-refractivity contribution >= 4 is 12.6 Å². The molecule has 2 aliphatic rings. The highest BCUT2D eigenvalue weighted by atomic mass is 16.7. The SMILES string of the molecule is CC1(C)OB(c2ccc(CC3CC3)c(O)c2)OC1(C)C. The highest BCUT2D eigenvalue weighted by Gasteiger charge is 2.51. The van der Waals surface area contributed by atoms with Gasteiger partial charge in [0.2, 0.25) is 0 Å². The molecule has 1 aromatic rings. The molecule has 108 valence electrons. The molecular weight excluding hydrogens is 251 g/mol. The van der Waals surface area contributed by atoms with Gasteiger partial charge in [0, 0.05) is 0 Å². The Kier molecular flexibility index (Phi) is 3.14. The van der Waals surface area contributed by atoms with Crippen molar-refractivity contribution in [3.63, 3.8) is 0 Å². The molecule has 0 bridgehead atoms. The Morgan fingerprint density at radius 2 is 1.75 bits per heavy atom. The van der Waals surface area contributed by atoms with Gasteiger partial charge in [0.05, 0.1) is 11.2 Å². The molecule has 1 aliphatic heterocycles. The van der Waals surface area contributed by atoms with Crippen LogP contribution in [0, 0.1) is 5.92 Å². The van der Waals surface area contributed by atoms with Crippen LogP contribution in [0.4, 0.5) is 0 Å². The second-order valence-electron chi connectivity index (χ2n) is 7.12. The van der Waals surface area contributed by atoms with Crippen molar-refractivity contribution in [2.75, 3.05) is 0 Å². The molecule has 0 spiro atoms. The number of aromatic hydroxyl groups is 1. The van der Waals surface area contributed by atoms with Crippen LogP contribution in [0.25, 0.3) is 0 Å². The van der Waals surface area contributed by atoms with Crippen LogP contribution >= 0.6 is 0 Å². The summed E-state index contributed by atoms with van der Waals surface area (Å²) in [4.78, 5) is 0. The van der Waals surface area contributed by atoms with E-state index >= 15 is 0 Å². The van der Waals surface area contributed by atoms with Crippen molar-refractivity contribution in [1.82, 2.24) is 0 Å². The quantitative estimate of drug-likeness (QED) is 0.861. The van der Waals surface area contributed by atoms with Crippen LogP contribution in [-0.2, 0) is 15.7 Å². The third kappa shape index (κ3) is 2.47. The first-order valence-electron chi connectivity index (χ1n) is 7.46. The maximum Gasteiger partial charge on any atom is 0.494 e. The summed E-state index contributed by atoms with van der Waals surface area (Å²) < 4.78 is 12.0. The number of phenols is 1. The van der Waals surface area contributed by atoms with Crippen LogP contribution in [0.5, 0.6) is 5.75 Å². The van der Waals surface area contributed by atoms with Crippen LogP contribution in [0.15, 0.2) is 18.2 Å². The van der Waals surface area contributed by atoms with Gasteiger partial charge in [-0.2, -0.15) is 0 Å². The Bertz CT molecular complexity index is 504. The molecule has 2 fully saturated rings. The third-order valence-electron chi connectivity index (χ3n) is 4.84. The summed E-state index contributed by atoms with van der Waals surface area (Å²) in [5.74, 6) is 1.13. The highest BCUT2D eigenvalue weighted by molar-refractivity contribution is 6.62. The molecule has 0 amide bonds. The fourth-order valence-corrected chi connectivity index (χ4v) is 2.51. The van der Waals surface area contributed by atoms with Crippen molar-refractivity contribution in [2.24, 2.45) is 5.92 Å². The highest BCUT2D eigenvalue weighted by Crippen LogP contribution is 2.37. The van der Waals surface area contributed by atoms with Gasteiger partial charge in [0.15, 0.2) is 0 Å². The average molecular weight is 274 g/mol. The standard InChI is InChI=1S/C16H23BO3/c1-15(2)16(3,4)20-17(19-15)13-8-7-12(14(18)10-13)9-11-5-6-11/h7-8,10-11,18H,5-6,9H2,1-4H3. The molecular formula is C16H23BO3. The molecule has 0 radical (unpaired) electrons. The number of hydrogen-bond acceptors (Lipinski definition) is 3. The van der Waals surface area contributed by atoms with E-state index in [4.69, 9.17) is 9.31 Å². The van der Waals surface area contributed by atoms with Crippen LogP contribution in [-0.4, -0.2) is 23.4 Å². The Morgan fingerprint density at radius 3 is 2.25 bits per heavy atom. The summed E-state index contributed by atoms with van der Waals surface area (Å²) in [6.45, 7) is 8.14. The van der Waals surface area contributed by atoms with E-state index < -0.39 is 7.12 Å². The van der Waals surface area contributed by atoms with Crippen molar-refractivity contribution < 1.29 is 14.4 Å². The zero-order chi connectivity index (χ0) is 14.5. The average Bonchev–Trinajstić information content (AvgIpc) is 3.10. The lowest BCUT2D eigenvalue weighted by Gasteiger charge is -2.32. The lowest BCUT2D eigenvalue weighted by molar-refractivity contribution is 0.00578. The smallest absolute Gasteiger partial charge is 0.494 e. The van der Waals surface area contributed by atoms with Gasteiger partial charge in [-0.3, -0.25) is 0 Å². The van der Waals surface area contributed by atoms with Gasteiger partial charge >= 0.3 is 7.12 Å². The van der Waals surface area contributed by atoms with E-state index in [1.807, 2.05) is 39.8 Å². The lowest BCUT2D eigenvalue weighted by Crippen LogP contribution is -2.41. The van der Waals surface area contributed by atoms with E-state index in [9.17, 15) is 5.11 Å². The maximum absolute atomic E-state index is 10.2. The molecule has 1 N–H and O–H groups in total. The minimum absolute atomic E-state index is 0.347. The van der Waals surface area contributed by atoms with Crippen LogP contribution in [0.1, 0.15) is 46.1 Å². The van der Waals surface area contributed by atoms with E-state index in [2.05, 4.69) is 0 Å². The van der Waals surface area contributed by atoms with Gasteiger partial charge in [-0.05, 0) is 70.0 Å². The van der Waals surface area contributed by atoms with Gasteiger partial charge in [0.25, 0.3) is 0 Å². The van der Waals surface area contributed by atoms with E-state index in [0.717, 1.165) is 23.4 Å². The summed E-state index contributed by atoms with van der Waals surface area (Å²) in [5, 5.41) is 10.2. The van der Waals surface area contributed by atoms with Gasteiger partial charge in [-0.1, -0.05) is 12.1 Å². The van der Waals surface area contributed by atoms with Gasteiger partial charge in [0.1, 0.15) is 5.75 Å². The molecule has 20 heavy (non-hydrogen) atoms. The zero-order valence-electron chi connectivity index (χ0n) is 12.8. The predicted octanol–water partition coefficient (Wildman–Crippen LogP) is 2.64. The van der Waals surface area contributed by atoms with Crippen LogP contribution in [0.2, 0.25) is 0 Å². The second kappa shape index (κ2) is 4.50. The molecule has 0 unspecified atom stereocenters. The van der Waals surface area contributed by atoms with Gasteiger partial charge < -0.3 is 14.4 Å². The van der Waals surface area contributed by atoms with Crippen molar-refractivity contribution in [3.05, 3.63) is 23.8 Å². The minimum Gasteiger partial charge on any atom is -0.508 e. The molecule has 1 aliphatic carbocycles. The Labute approximate surface area is 121 Å². The Balaban J connectivity index is 1.79. The zero-order valence-corrected chi connectivity index (χ0v) is 12.8. The van der Waals surface area contributed by atoms with Gasteiger partial charge in [-0.25, -0.2) is 0 Å². The maximum atomic E-state index is 10.2. The molecule has 1 saturated heterocycles. The van der Waals surface area contributed by atoms with Crippen molar-refractivity contribution in [3.8, 4) is 5.75 Å². The summed E-state index contributed by atoms with van der Waals surface area (Å²) in [6, 6.07) is 5.81. The molecule has 1 saturated carbocycles.